The minimum atomic E-state index is -0.783. The van der Waals surface area contributed by atoms with Crippen molar-refractivity contribution in [3.8, 4) is 17.1 Å². The van der Waals surface area contributed by atoms with Crippen molar-refractivity contribution in [2.75, 3.05) is 0 Å². The lowest BCUT2D eigenvalue weighted by atomic mass is 10.1. The van der Waals surface area contributed by atoms with Gasteiger partial charge in [-0.1, -0.05) is 28.9 Å². The van der Waals surface area contributed by atoms with Crippen molar-refractivity contribution in [3.63, 3.8) is 0 Å². The predicted molar refractivity (Wildman–Crippen MR) is 96.0 cm³/mol. The average Bonchev–Trinajstić information content (AvgIpc) is 3.40. The van der Waals surface area contributed by atoms with Gasteiger partial charge in [0.15, 0.2) is 0 Å². The topological polar surface area (TPSA) is 88.2 Å². The molecule has 0 aliphatic heterocycles. The predicted octanol–water partition coefficient (Wildman–Crippen LogP) is 4.04. The van der Waals surface area contributed by atoms with Crippen LogP contribution in [0.5, 0.6) is 5.75 Å². The van der Waals surface area contributed by atoms with E-state index < -0.39 is 11.7 Å². The zero-order chi connectivity index (χ0) is 19.0. The summed E-state index contributed by atoms with van der Waals surface area (Å²) in [6.45, 7) is 0.202. The molecule has 6 nitrogen and oxygen atoms in total. The molecule has 1 aliphatic rings. The van der Waals surface area contributed by atoms with Crippen molar-refractivity contribution in [2.24, 2.45) is 0 Å². The second kappa shape index (κ2) is 7.00. The maximum atomic E-state index is 14.4. The number of phenolic OH excluding ortho intramolecular Hbond substituents is 1. The molecule has 0 unspecified atom stereocenters. The lowest BCUT2D eigenvalue weighted by molar-refractivity contribution is 0.0946. The number of hydrogen-bond acceptors (Lipinski definition) is 5. The second-order valence-electron chi connectivity index (χ2n) is 6.39. The van der Waals surface area contributed by atoms with Gasteiger partial charge in [-0.3, -0.25) is 4.79 Å². The summed E-state index contributed by atoms with van der Waals surface area (Å²) in [7, 11) is 0. The summed E-state index contributed by atoms with van der Waals surface area (Å²) in [6, 6.07) is 9.01. The Kier molecular flexibility index (Phi) is 4.53. The molecule has 1 aromatic heterocycles. The summed E-state index contributed by atoms with van der Waals surface area (Å²) in [6.07, 6.45) is 1.96. The molecule has 1 fully saturated rings. The number of halogens is 2. The van der Waals surface area contributed by atoms with Crippen LogP contribution in [0.15, 0.2) is 40.9 Å². The first-order valence-electron chi connectivity index (χ1n) is 8.40. The van der Waals surface area contributed by atoms with Crippen molar-refractivity contribution < 1.29 is 18.8 Å². The Hall–Kier alpha value is -2.93. The molecule has 1 aliphatic carbocycles. The van der Waals surface area contributed by atoms with Crippen LogP contribution in [0.3, 0.4) is 0 Å². The Morgan fingerprint density at radius 1 is 1.30 bits per heavy atom. The summed E-state index contributed by atoms with van der Waals surface area (Å²) in [5, 5.41) is 17.2. The molecule has 2 aromatic carbocycles. The standard InChI is InChI=1S/C19H15ClFN3O3/c20-12-5-1-10(2-6-12)9-22-18(26)13-8-16(25)14(7-15(13)21)17-23-19(27-24-17)11-3-4-11/h1-2,5-8,11,25H,3-4,9H2,(H,22,26). The Bertz CT molecular complexity index is 1000. The fraction of sp³-hybridized carbons (Fsp3) is 0.211. The molecule has 1 heterocycles. The van der Waals surface area contributed by atoms with Crippen molar-refractivity contribution >= 4 is 17.5 Å². The molecule has 0 atom stereocenters. The lowest BCUT2D eigenvalue weighted by Crippen LogP contribution is -2.23. The lowest BCUT2D eigenvalue weighted by Gasteiger charge is -2.08. The van der Waals surface area contributed by atoms with Crippen LogP contribution in [0, 0.1) is 5.82 Å². The number of benzene rings is 2. The molecule has 1 saturated carbocycles. The third-order valence-electron chi connectivity index (χ3n) is 4.31. The number of amides is 1. The smallest absolute Gasteiger partial charge is 0.254 e. The third kappa shape index (κ3) is 3.78. The van der Waals surface area contributed by atoms with Gasteiger partial charge < -0.3 is 14.9 Å². The van der Waals surface area contributed by atoms with Gasteiger partial charge in [-0.2, -0.15) is 4.98 Å². The summed E-state index contributed by atoms with van der Waals surface area (Å²) < 4.78 is 19.6. The molecule has 2 N–H and O–H groups in total. The van der Waals surface area contributed by atoms with E-state index in [2.05, 4.69) is 15.5 Å². The van der Waals surface area contributed by atoms with Crippen LogP contribution in [0.4, 0.5) is 4.39 Å². The van der Waals surface area contributed by atoms with Crippen molar-refractivity contribution in [1.82, 2.24) is 15.5 Å². The molecule has 138 valence electrons. The van der Waals surface area contributed by atoms with Crippen LogP contribution < -0.4 is 5.32 Å². The van der Waals surface area contributed by atoms with E-state index in [1.165, 1.54) is 0 Å². The number of aromatic nitrogens is 2. The highest BCUT2D eigenvalue weighted by Crippen LogP contribution is 2.40. The van der Waals surface area contributed by atoms with Crippen molar-refractivity contribution in [1.29, 1.82) is 0 Å². The summed E-state index contributed by atoms with van der Waals surface area (Å²) in [5.74, 6) is -0.895. The van der Waals surface area contributed by atoms with E-state index in [0.29, 0.717) is 10.9 Å². The van der Waals surface area contributed by atoms with E-state index in [-0.39, 0.29) is 35.2 Å². The number of carbonyl (C=O) groups excluding carboxylic acids is 1. The molecule has 27 heavy (non-hydrogen) atoms. The van der Waals surface area contributed by atoms with E-state index in [0.717, 1.165) is 30.5 Å². The number of aromatic hydroxyl groups is 1. The van der Waals surface area contributed by atoms with Gasteiger partial charge in [-0.05, 0) is 42.7 Å². The number of nitrogens with one attached hydrogen (secondary N) is 1. The Morgan fingerprint density at radius 2 is 2.04 bits per heavy atom. The highest BCUT2D eigenvalue weighted by Gasteiger charge is 2.30. The van der Waals surface area contributed by atoms with Crippen molar-refractivity contribution in [3.05, 3.63) is 64.3 Å². The minimum absolute atomic E-state index is 0.0809. The molecule has 0 saturated heterocycles. The van der Waals surface area contributed by atoms with Gasteiger partial charge >= 0.3 is 0 Å². The van der Waals surface area contributed by atoms with Gasteiger partial charge in [0.25, 0.3) is 5.91 Å². The number of rotatable bonds is 5. The SMILES string of the molecule is O=C(NCc1ccc(Cl)cc1)c1cc(O)c(-c2noc(C3CC3)n2)cc1F. The summed E-state index contributed by atoms with van der Waals surface area (Å²) in [4.78, 5) is 16.5. The van der Waals surface area contributed by atoms with Crippen LogP contribution in [0.1, 0.15) is 40.6 Å². The van der Waals surface area contributed by atoms with Crippen LogP contribution >= 0.6 is 11.6 Å². The van der Waals surface area contributed by atoms with Gasteiger partial charge in [-0.25, -0.2) is 4.39 Å². The molecule has 0 spiro atoms. The third-order valence-corrected chi connectivity index (χ3v) is 4.56. The van der Waals surface area contributed by atoms with Crippen LogP contribution in [-0.2, 0) is 6.54 Å². The second-order valence-corrected chi connectivity index (χ2v) is 6.83. The van der Waals surface area contributed by atoms with Crippen LogP contribution in [-0.4, -0.2) is 21.2 Å². The van der Waals surface area contributed by atoms with E-state index in [9.17, 15) is 14.3 Å². The maximum Gasteiger partial charge on any atom is 0.254 e. The van der Waals surface area contributed by atoms with E-state index >= 15 is 0 Å². The number of nitrogens with zero attached hydrogens (tertiary/aromatic N) is 2. The molecule has 4 rings (SSSR count). The molecule has 0 bridgehead atoms. The fourth-order valence-corrected chi connectivity index (χ4v) is 2.76. The average molecular weight is 388 g/mol. The maximum absolute atomic E-state index is 14.4. The highest BCUT2D eigenvalue weighted by atomic mass is 35.5. The number of phenols is 1. The Balaban J connectivity index is 1.51. The van der Waals surface area contributed by atoms with Gasteiger partial charge in [-0.15, -0.1) is 0 Å². The van der Waals surface area contributed by atoms with E-state index in [4.69, 9.17) is 16.1 Å². The minimum Gasteiger partial charge on any atom is -0.507 e. The molecule has 3 aromatic rings. The number of carbonyl (C=O) groups is 1. The molecule has 1 amide bonds. The quantitative estimate of drug-likeness (QED) is 0.689. The first-order valence-corrected chi connectivity index (χ1v) is 8.78. The normalized spacial score (nSPS) is 13.6. The first-order chi connectivity index (χ1) is 13.0. The molecule has 8 heteroatoms. The van der Waals surface area contributed by atoms with Crippen LogP contribution in [0.25, 0.3) is 11.4 Å². The fourth-order valence-electron chi connectivity index (χ4n) is 2.64. The van der Waals surface area contributed by atoms with Gasteiger partial charge in [0, 0.05) is 17.5 Å². The summed E-state index contributed by atoms with van der Waals surface area (Å²) in [5.41, 5.74) is 0.627. The van der Waals surface area contributed by atoms with Crippen LogP contribution in [0.2, 0.25) is 5.02 Å². The molecule has 0 radical (unpaired) electrons. The van der Waals surface area contributed by atoms with Gasteiger partial charge in [0.2, 0.25) is 11.7 Å². The number of hydrogen-bond donors (Lipinski definition) is 2. The zero-order valence-electron chi connectivity index (χ0n) is 14.1. The molecular formula is C19H15ClFN3O3. The van der Waals surface area contributed by atoms with Gasteiger partial charge in [0.1, 0.15) is 11.6 Å². The first kappa shape index (κ1) is 17.5. The van der Waals surface area contributed by atoms with E-state index in [1.807, 2.05) is 0 Å². The molecular weight excluding hydrogens is 373 g/mol. The summed E-state index contributed by atoms with van der Waals surface area (Å²) >= 11 is 5.81. The monoisotopic (exact) mass is 387 g/mol. The largest absolute Gasteiger partial charge is 0.507 e. The Morgan fingerprint density at radius 3 is 2.74 bits per heavy atom. The Labute approximate surface area is 159 Å². The zero-order valence-corrected chi connectivity index (χ0v) is 14.8. The van der Waals surface area contributed by atoms with Crippen molar-refractivity contribution in [2.45, 2.75) is 25.3 Å². The van der Waals surface area contributed by atoms with E-state index in [1.54, 1.807) is 24.3 Å². The highest BCUT2D eigenvalue weighted by molar-refractivity contribution is 6.30. The van der Waals surface area contributed by atoms with Gasteiger partial charge in [0.05, 0.1) is 11.1 Å².